The van der Waals surface area contributed by atoms with Gasteiger partial charge < -0.3 is 14.5 Å². The fourth-order valence-electron chi connectivity index (χ4n) is 4.11. The molecule has 1 aliphatic rings. The Bertz CT molecular complexity index is 1470. The number of carbonyl (C=O) groups excluding carboxylic acids is 1. The van der Waals surface area contributed by atoms with Crippen LogP contribution in [-0.4, -0.2) is 21.8 Å². The summed E-state index contributed by atoms with van der Waals surface area (Å²) in [6.07, 6.45) is 3.98. The number of halogens is 1. The van der Waals surface area contributed by atoms with E-state index in [1.54, 1.807) is 12.3 Å². The molecule has 2 aromatic carbocycles. The van der Waals surface area contributed by atoms with Crippen molar-refractivity contribution in [2.24, 2.45) is 5.10 Å². The van der Waals surface area contributed by atoms with E-state index in [4.69, 9.17) is 21.4 Å². The number of anilines is 1. The van der Waals surface area contributed by atoms with Crippen LogP contribution in [-0.2, 0) is 6.42 Å². The first-order chi connectivity index (χ1) is 17.0. The fraction of sp³-hybridized carbons (Fsp3) is 0.154. The number of nitrogens with zero attached hydrogens (tertiary/aromatic N) is 2. The lowest BCUT2D eigenvalue weighted by molar-refractivity contribution is 0.0700. The molecule has 5 rings (SSSR count). The van der Waals surface area contributed by atoms with Crippen LogP contribution in [0.3, 0.4) is 0 Å². The average molecular weight is 549 g/mol. The largest absolute Gasteiger partial charge is 0.453 e. The summed E-state index contributed by atoms with van der Waals surface area (Å²) in [5, 5.41) is 8.86. The Balaban J connectivity index is 1.38. The molecule has 0 bridgehead atoms. The van der Waals surface area contributed by atoms with Crippen molar-refractivity contribution in [3.63, 3.8) is 0 Å². The van der Waals surface area contributed by atoms with Crippen LogP contribution < -0.4 is 15.5 Å². The molecule has 0 aliphatic heterocycles. The number of ether oxygens (including phenoxy) is 1. The van der Waals surface area contributed by atoms with Crippen molar-refractivity contribution in [1.29, 1.82) is 0 Å². The second kappa shape index (κ2) is 9.97. The number of hydrogen-bond donors (Lipinski definition) is 2. The first-order valence-corrected chi connectivity index (χ1v) is 12.3. The maximum absolute atomic E-state index is 13.1. The molecule has 0 saturated heterocycles. The highest BCUT2D eigenvalue weighted by atomic mass is 79.9. The number of aromatic nitrogens is 1. The van der Waals surface area contributed by atoms with Gasteiger partial charge in [-0.1, -0.05) is 40.2 Å². The average Bonchev–Trinajstić information content (AvgIpc) is 3.22. The van der Waals surface area contributed by atoms with Crippen LogP contribution in [0.2, 0.25) is 0 Å². The van der Waals surface area contributed by atoms with Crippen molar-refractivity contribution in [2.75, 3.05) is 5.32 Å². The Hall–Kier alpha value is -3.56. The van der Waals surface area contributed by atoms with Crippen molar-refractivity contribution in [1.82, 2.24) is 10.4 Å². The molecule has 0 unspecified atom stereocenters. The second-order valence-corrected chi connectivity index (χ2v) is 9.30. The molecule has 0 atom stereocenters. The van der Waals surface area contributed by atoms with Gasteiger partial charge >= 0.3 is 5.97 Å². The lowest BCUT2D eigenvalue weighted by Crippen LogP contribution is -2.26. The molecular formula is C26H21BrN4O3S. The maximum atomic E-state index is 13.1. The highest BCUT2D eigenvalue weighted by molar-refractivity contribution is 9.10. The van der Waals surface area contributed by atoms with E-state index in [9.17, 15) is 4.79 Å². The van der Waals surface area contributed by atoms with Crippen molar-refractivity contribution >= 4 is 61.5 Å². The third-order valence-electron chi connectivity index (χ3n) is 5.72. The minimum Gasteiger partial charge on any atom is -0.453 e. The van der Waals surface area contributed by atoms with E-state index in [0.717, 1.165) is 51.8 Å². The molecule has 0 saturated carbocycles. The van der Waals surface area contributed by atoms with E-state index in [1.165, 1.54) is 0 Å². The summed E-state index contributed by atoms with van der Waals surface area (Å²) in [7, 11) is 0. The smallest absolute Gasteiger partial charge is 0.380 e. The van der Waals surface area contributed by atoms with E-state index in [2.05, 4.69) is 36.8 Å². The Kier molecular flexibility index (Phi) is 6.61. The highest BCUT2D eigenvalue weighted by Crippen LogP contribution is 2.33. The SMILES string of the molecule is Cc1c(C(=O)Oc2ccc(Br)c3cccnc23)oc2c1/C(=N/NC(=S)Nc1ccccc1)CCC2. The monoisotopic (exact) mass is 548 g/mol. The lowest BCUT2D eigenvalue weighted by atomic mass is 9.93. The summed E-state index contributed by atoms with van der Waals surface area (Å²) in [5.41, 5.74) is 6.69. The zero-order chi connectivity index (χ0) is 24.4. The summed E-state index contributed by atoms with van der Waals surface area (Å²) >= 11 is 8.88. The van der Waals surface area contributed by atoms with Gasteiger partial charge in [0.15, 0.2) is 10.9 Å². The summed E-state index contributed by atoms with van der Waals surface area (Å²) in [6.45, 7) is 1.85. The Morgan fingerprint density at radius 1 is 1.14 bits per heavy atom. The van der Waals surface area contributed by atoms with E-state index in [0.29, 0.717) is 21.9 Å². The number of aryl methyl sites for hydroxylation is 1. The third-order valence-corrected chi connectivity index (χ3v) is 6.60. The van der Waals surface area contributed by atoms with Gasteiger partial charge in [-0.05, 0) is 62.3 Å². The van der Waals surface area contributed by atoms with Crippen molar-refractivity contribution in [3.05, 3.63) is 87.9 Å². The van der Waals surface area contributed by atoms with E-state index < -0.39 is 5.97 Å². The molecule has 0 radical (unpaired) electrons. The number of furan rings is 1. The molecule has 2 N–H and O–H groups in total. The van der Waals surface area contributed by atoms with E-state index >= 15 is 0 Å². The van der Waals surface area contributed by atoms with Gasteiger partial charge in [0, 0.05) is 39.3 Å². The number of hydrazone groups is 1. The lowest BCUT2D eigenvalue weighted by Gasteiger charge is -2.14. The molecule has 0 amide bonds. The maximum Gasteiger partial charge on any atom is 0.380 e. The molecule has 35 heavy (non-hydrogen) atoms. The van der Waals surface area contributed by atoms with Gasteiger partial charge in [-0.2, -0.15) is 5.10 Å². The first-order valence-electron chi connectivity index (χ1n) is 11.1. The minimum atomic E-state index is -0.570. The summed E-state index contributed by atoms with van der Waals surface area (Å²) in [6, 6.07) is 16.9. The number of esters is 1. The molecule has 176 valence electrons. The van der Waals surface area contributed by atoms with Gasteiger partial charge in [-0.3, -0.25) is 10.4 Å². The molecule has 9 heteroatoms. The number of nitrogens with one attached hydrogen (secondary N) is 2. The van der Waals surface area contributed by atoms with Crippen LogP contribution in [0.1, 0.15) is 40.3 Å². The second-order valence-electron chi connectivity index (χ2n) is 8.03. The first kappa shape index (κ1) is 23.2. The molecule has 0 spiro atoms. The molecule has 4 aromatic rings. The van der Waals surface area contributed by atoms with E-state index in [-0.39, 0.29) is 5.76 Å². The molecular weight excluding hydrogens is 528 g/mol. The zero-order valence-corrected chi connectivity index (χ0v) is 21.2. The van der Waals surface area contributed by atoms with E-state index in [1.807, 2.05) is 55.5 Å². The number of hydrogen-bond acceptors (Lipinski definition) is 6. The third kappa shape index (κ3) is 4.82. The van der Waals surface area contributed by atoms with Crippen LogP contribution >= 0.6 is 28.1 Å². The minimum absolute atomic E-state index is 0.168. The summed E-state index contributed by atoms with van der Waals surface area (Å²) in [5.74, 6) is 0.693. The van der Waals surface area contributed by atoms with Gasteiger partial charge in [0.1, 0.15) is 11.3 Å². The molecule has 1 aliphatic carbocycles. The highest BCUT2D eigenvalue weighted by Gasteiger charge is 2.29. The molecule has 2 aromatic heterocycles. The van der Waals surface area contributed by atoms with Crippen LogP contribution in [0.15, 0.2) is 74.8 Å². The van der Waals surface area contributed by atoms with Crippen molar-refractivity contribution in [2.45, 2.75) is 26.2 Å². The topological polar surface area (TPSA) is 88.8 Å². The fourth-order valence-corrected chi connectivity index (χ4v) is 4.73. The molecule has 2 heterocycles. The molecule has 7 nitrogen and oxygen atoms in total. The number of para-hydroxylation sites is 1. The number of carbonyl (C=O) groups is 1. The van der Waals surface area contributed by atoms with Gasteiger partial charge in [0.25, 0.3) is 0 Å². The quantitative estimate of drug-likeness (QED) is 0.137. The predicted octanol–water partition coefficient (Wildman–Crippen LogP) is 6.14. The standard InChI is InChI=1S/C26H21BrN4O3S/c1-15-22-19(30-31-26(35)29-16-7-3-2-4-8-16)10-5-11-20(22)33-24(15)25(32)34-21-13-12-18(27)17-9-6-14-28-23(17)21/h2-4,6-9,12-14H,5,10-11H2,1H3,(H2,29,31,35)/b30-19+. The normalized spacial score (nSPS) is 13.9. The Morgan fingerprint density at radius 3 is 2.80 bits per heavy atom. The number of thiocarbonyl (C=S) groups is 1. The van der Waals surface area contributed by atoms with Crippen molar-refractivity contribution in [3.8, 4) is 5.75 Å². The Labute approximate surface area is 215 Å². The van der Waals surface area contributed by atoms with Gasteiger partial charge in [-0.15, -0.1) is 0 Å². The number of rotatable bonds is 4. The van der Waals surface area contributed by atoms with Gasteiger partial charge in [-0.25, -0.2) is 4.79 Å². The van der Waals surface area contributed by atoms with Crippen molar-refractivity contribution < 1.29 is 13.9 Å². The van der Waals surface area contributed by atoms with Gasteiger partial charge in [0.2, 0.25) is 5.76 Å². The summed E-state index contributed by atoms with van der Waals surface area (Å²) in [4.78, 5) is 17.5. The predicted molar refractivity (Wildman–Crippen MR) is 143 cm³/mol. The van der Waals surface area contributed by atoms with Gasteiger partial charge in [0.05, 0.1) is 5.71 Å². The van der Waals surface area contributed by atoms with Crippen LogP contribution in [0, 0.1) is 6.92 Å². The van der Waals surface area contributed by atoms with Crippen LogP contribution in [0.5, 0.6) is 5.75 Å². The van der Waals surface area contributed by atoms with Crippen LogP contribution in [0.25, 0.3) is 10.9 Å². The van der Waals surface area contributed by atoms with Crippen LogP contribution in [0.4, 0.5) is 5.69 Å². The number of fused-ring (bicyclic) bond motifs is 2. The molecule has 0 fully saturated rings. The summed E-state index contributed by atoms with van der Waals surface area (Å²) < 4.78 is 12.6. The zero-order valence-electron chi connectivity index (χ0n) is 18.8. The number of benzene rings is 2. The number of pyridine rings is 1. The Morgan fingerprint density at radius 2 is 1.97 bits per heavy atom.